The predicted octanol–water partition coefficient (Wildman–Crippen LogP) is 7.16. The molecule has 0 aromatic heterocycles. The molecule has 1 rings (SSSR count). The van der Waals surface area contributed by atoms with Crippen molar-refractivity contribution in [2.24, 2.45) is 0 Å². The van der Waals surface area contributed by atoms with Crippen LogP contribution in [0.5, 0.6) is 5.75 Å². The third kappa shape index (κ3) is 13.1. The maximum absolute atomic E-state index is 11.4. The summed E-state index contributed by atoms with van der Waals surface area (Å²) in [6, 6.07) is 4.28. The lowest BCUT2D eigenvalue weighted by molar-refractivity contribution is 0.295. The second-order valence-electron chi connectivity index (χ2n) is 8.33. The van der Waals surface area contributed by atoms with Crippen LogP contribution in [0.2, 0.25) is 0 Å². The van der Waals surface area contributed by atoms with Crippen molar-refractivity contribution in [3.63, 3.8) is 0 Å². The van der Waals surface area contributed by atoms with Gasteiger partial charge in [-0.05, 0) is 24.6 Å². The Hall–Kier alpha value is -1.27. The number of ether oxygens (including phenoxy) is 1. The lowest BCUT2D eigenvalue weighted by atomic mass is 10.0. The van der Waals surface area contributed by atoms with E-state index in [1.165, 1.54) is 102 Å². The molecule has 0 unspecified atom stereocenters. The molecule has 0 aliphatic carbocycles. The standard InChI is InChI=1S/C24H43NO4S/c1-2-3-4-5-6-7-8-9-10-11-12-13-14-15-16-17-20-29-23-19-18-22(25)21-24(23)30(26,27)28/h18-19,21H,2-17,20,25H2,1H3,(H,26,27,28). The van der Waals surface area contributed by atoms with Crippen LogP contribution in [-0.4, -0.2) is 19.6 Å². The van der Waals surface area contributed by atoms with Crippen molar-refractivity contribution in [1.82, 2.24) is 0 Å². The zero-order chi connectivity index (χ0) is 22.1. The molecule has 1 aromatic rings. The molecular formula is C24H43NO4S. The van der Waals surface area contributed by atoms with Crippen LogP contribution in [0.1, 0.15) is 110 Å². The van der Waals surface area contributed by atoms with E-state index in [2.05, 4.69) is 6.92 Å². The van der Waals surface area contributed by atoms with Gasteiger partial charge in [-0.25, -0.2) is 0 Å². The number of nitrogens with two attached hydrogens (primary N) is 1. The van der Waals surface area contributed by atoms with E-state index in [0.717, 1.165) is 12.8 Å². The van der Waals surface area contributed by atoms with Gasteiger partial charge < -0.3 is 10.5 Å². The van der Waals surface area contributed by atoms with E-state index in [0.29, 0.717) is 6.61 Å². The Balaban J connectivity index is 1.94. The van der Waals surface area contributed by atoms with E-state index in [-0.39, 0.29) is 16.3 Å². The van der Waals surface area contributed by atoms with Gasteiger partial charge in [-0.15, -0.1) is 0 Å². The second kappa shape index (κ2) is 16.4. The first kappa shape index (κ1) is 26.8. The molecule has 0 spiro atoms. The molecule has 0 amide bonds. The highest BCUT2D eigenvalue weighted by Crippen LogP contribution is 2.26. The van der Waals surface area contributed by atoms with E-state index in [9.17, 15) is 13.0 Å². The normalized spacial score (nSPS) is 11.7. The Morgan fingerprint density at radius 2 is 1.20 bits per heavy atom. The fourth-order valence-electron chi connectivity index (χ4n) is 3.68. The SMILES string of the molecule is CCCCCCCCCCCCCCCCCCOc1ccc(N)cc1S(=O)(=O)O. The van der Waals surface area contributed by atoms with Gasteiger partial charge >= 0.3 is 0 Å². The lowest BCUT2D eigenvalue weighted by Crippen LogP contribution is -2.05. The summed E-state index contributed by atoms with van der Waals surface area (Å²) in [6.45, 7) is 2.70. The van der Waals surface area contributed by atoms with E-state index in [4.69, 9.17) is 10.5 Å². The van der Waals surface area contributed by atoms with Gasteiger partial charge in [0.15, 0.2) is 0 Å². The van der Waals surface area contributed by atoms with Gasteiger partial charge in [-0.1, -0.05) is 103 Å². The van der Waals surface area contributed by atoms with Crippen LogP contribution in [0, 0.1) is 0 Å². The summed E-state index contributed by atoms with van der Waals surface area (Å²) in [5, 5.41) is 0. The van der Waals surface area contributed by atoms with Crippen molar-refractivity contribution < 1.29 is 17.7 Å². The summed E-state index contributed by atoms with van der Waals surface area (Å²) in [5.74, 6) is 0.160. The van der Waals surface area contributed by atoms with Crippen molar-refractivity contribution in [2.75, 3.05) is 12.3 Å². The quantitative estimate of drug-likeness (QED) is 0.135. The number of hydrogen-bond acceptors (Lipinski definition) is 4. The molecule has 30 heavy (non-hydrogen) atoms. The predicted molar refractivity (Wildman–Crippen MR) is 126 cm³/mol. The average Bonchev–Trinajstić information content (AvgIpc) is 2.70. The highest BCUT2D eigenvalue weighted by molar-refractivity contribution is 7.86. The third-order valence-corrected chi connectivity index (χ3v) is 6.38. The van der Waals surface area contributed by atoms with Crippen LogP contribution >= 0.6 is 0 Å². The fraction of sp³-hybridized carbons (Fsp3) is 0.750. The highest BCUT2D eigenvalue weighted by Gasteiger charge is 2.17. The van der Waals surface area contributed by atoms with Crippen molar-refractivity contribution in [1.29, 1.82) is 0 Å². The smallest absolute Gasteiger partial charge is 0.298 e. The first-order valence-corrected chi connectivity index (χ1v) is 13.4. The molecule has 0 heterocycles. The van der Waals surface area contributed by atoms with Gasteiger partial charge in [-0.2, -0.15) is 8.42 Å². The number of rotatable bonds is 19. The van der Waals surface area contributed by atoms with Crippen LogP contribution in [-0.2, 0) is 10.1 Å². The molecule has 0 fully saturated rings. The van der Waals surface area contributed by atoms with E-state index in [1.807, 2.05) is 0 Å². The zero-order valence-electron chi connectivity index (χ0n) is 18.9. The minimum atomic E-state index is -4.33. The Labute approximate surface area is 184 Å². The summed E-state index contributed by atoms with van der Waals surface area (Å²) in [5.41, 5.74) is 5.86. The second-order valence-corrected chi connectivity index (χ2v) is 9.72. The number of nitrogen functional groups attached to an aromatic ring is 1. The average molecular weight is 442 g/mol. The highest BCUT2D eigenvalue weighted by atomic mass is 32.2. The Morgan fingerprint density at radius 1 is 0.767 bits per heavy atom. The molecular weight excluding hydrogens is 398 g/mol. The molecule has 3 N–H and O–H groups in total. The molecule has 1 aromatic carbocycles. The van der Waals surface area contributed by atoms with E-state index < -0.39 is 10.1 Å². The topological polar surface area (TPSA) is 89.6 Å². The Kier molecular flexibility index (Phi) is 14.7. The molecule has 0 atom stereocenters. The molecule has 174 valence electrons. The molecule has 5 nitrogen and oxygen atoms in total. The van der Waals surface area contributed by atoms with Gasteiger partial charge in [-0.3, -0.25) is 4.55 Å². The van der Waals surface area contributed by atoms with Crippen molar-refractivity contribution in [2.45, 2.75) is 115 Å². The van der Waals surface area contributed by atoms with Gasteiger partial charge in [0.1, 0.15) is 10.6 Å². The van der Waals surface area contributed by atoms with Crippen LogP contribution in [0.4, 0.5) is 5.69 Å². The first-order valence-electron chi connectivity index (χ1n) is 11.9. The van der Waals surface area contributed by atoms with Crippen molar-refractivity contribution >= 4 is 15.8 Å². The number of hydrogen-bond donors (Lipinski definition) is 2. The summed E-state index contributed by atoms with van der Waals surface area (Å²) in [7, 11) is -4.33. The third-order valence-electron chi connectivity index (χ3n) is 5.50. The van der Waals surface area contributed by atoms with E-state index in [1.54, 1.807) is 6.07 Å². The summed E-state index contributed by atoms with van der Waals surface area (Å²) in [6.07, 6.45) is 20.9. The molecule has 0 bridgehead atoms. The number of benzene rings is 1. The lowest BCUT2D eigenvalue weighted by Gasteiger charge is -2.10. The van der Waals surface area contributed by atoms with Gasteiger partial charge in [0.25, 0.3) is 10.1 Å². The Morgan fingerprint density at radius 3 is 1.63 bits per heavy atom. The largest absolute Gasteiger partial charge is 0.492 e. The van der Waals surface area contributed by atoms with E-state index >= 15 is 0 Å². The minimum Gasteiger partial charge on any atom is -0.492 e. The van der Waals surface area contributed by atoms with Gasteiger partial charge in [0, 0.05) is 5.69 Å². The minimum absolute atomic E-state index is 0.160. The number of anilines is 1. The summed E-state index contributed by atoms with van der Waals surface area (Å²) in [4.78, 5) is -0.265. The molecule has 0 saturated heterocycles. The van der Waals surface area contributed by atoms with Crippen LogP contribution in [0.25, 0.3) is 0 Å². The maximum atomic E-state index is 11.4. The summed E-state index contributed by atoms with van der Waals surface area (Å²) < 4.78 is 37.6. The van der Waals surface area contributed by atoms with Gasteiger partial charge in [0.05, 0.1) is 6.61 Å². The summed E-state index contributed by atoms with van der Waals surface area (Å²) >= 11 is 0. The molecule has 0 aliphatic rings. The van der Waals surface area contributed by atoms with Crippen LogP contribution in [0.15, 0.2) is 23.1 Å². The monoisotopic (exact) mass is 441 g/mol. The first-order chi connectivity index (χ1) is 14.4. The van der Waals surface area contributed by atoms with Crippen LogP contribution in [0.3, 0.4) is 0 Å². The van der Waals surface area contributed by atoms with Gasteiger partial charge in [0.2, 0.25) is 0 Å². The van der Waals surface area contributed by atoms with Crippen molar-refractivity contribution in [3.8, 4) is 5.75 Å². The molecule has 6 heteroatoms. The molecule has 0 saturated carbocycles. The molecule has 0 radical (unpaired) electrons. The molecule has 0 aliphatic heterocycles. The maximum Gasteiger partial charge on any atom is 0.298 e. The van der Waals surface area contributed by atoms with Crippen molar-refractivity contribution in [3.05, 3.63) is 18.2 Å². The number of unbranched alkanes of at least 4 members (excludes halogenated alkanes) is 15. The Bertz CT molecular complexity index is 661. The van der Waals surface area contributed by atoms with Crippen LogP contribution < -0.4 is 10.5 Å². The zero-order valence-corrected chi connectivity index (χ0v) is 19.7. The fourth-order valence-corrected chi connectivity index (χ4v) is 4.34.